The van der Waals surface area contributed by atoms with Crippen LogP contribution in [0, 0.1) is 17.6 Å². The Labute approximate surface area is 152 Å². The SMILES string of the molecule is Cn1cc(CN2C[C@H](c3cc(F)cc(F)c3)[C@H]3[C@@H]2C2CCN3CC2)cn1. The van der Waals surface area contributed by atoms with Gasteiger partial charge in [0.15, 0.2) is 0 Å². The average Bonchev–Trinajstić information content (AvgIpc) is 3.21. The van der Waals surface area contributed by atoms with Gasteiger partial charge in [0.25, 0.3) is 0 Å². The van der Waals surface area contributed by atoms with Crippen LogP contribution >= 0.6 is 0 Å². The molecule has 2 aromatic rings. The normalized spacial score (nSPS) is 33.6. The van der Waals surface area contributed by atoms with Gasteiger partial charge in [-0.2, -0.15) is 5.10 Å². The van der Waals surface area contributed by atoms with Crippen LogP contribution in [0.15, 0.2) is 30.6 Å². The zero-order valence-corrected chi connectivity index (χ0v) is 15.0. The van der Waals surface area contributed by atoms with E-state index < -0.39 is 11.6 Å². The van der Waals surface area contributed by atoms with Crippen LogP contribution in [0.4, 0.5) is 8.78 Å². The number of rotatable bonds is 3. The number of nitrogens with zero attached hydrogens (tertiary/aromatic N) is 4. The second kappa shape index (κ2) is 6.13. The quantitative estimate of drug-likeness (QED) is 0.843. The van der Waals surface area contributed by atoms with Gasteiger partial charge in [0, 0.05) is 56.0 Å². The van der Waals surface area contributed by atoms with E-state index in [9.17, 15) is 8.78 Å². The minimum atomic E-state index is -0.474. The van der Waals surface area contributed by atoms with E-state index in [1.54, 1.807) is 0 Å². The summed E-state index contributed by atoms with van der Waals surface area (Å²) < 4.78 is 29.6. The lowest BCUT2D eigenvalue weighted by molar-refractivity contribution is -0.00871. The first-order chi connectivity index (χ1) is 12.6. The molecular weight excluding hydrogens is 334 g/mol. The van der Waals surface area contributed by atoms with Crippen molar-refractivity contribution < 1.29 is 8.78 Å². The molecule has 4 fully saturated rings. The Morgan fingerprint density at radius 2 is 1.81 bits per heavy atom. The molecule has 5 heterocycles. The molecule has 0 N–H and O–H groups in total. The molecule has 26 heavy (non-hydrogen) atoms. The van der Waals surface area contributed by atoms with E-state index >= 15 is 0 Å². The van der Waals surface area contributed by atoms with Crippen molar-refractivity contribution in [2.24, 2.45) is 13.0 Å². The second-order valence-electron chi connectivity index (χ2n) is 8.12. The Balaban J connectivity index is 1.50. The van der Waals surface area contributed by atoms with Crippen LogP contribution < -0.4 is 0 Å². The summed E-state index contributed by atoms with van der Waals surface area (Å²) >= 11 is 0. The van der Waals surface area contributed by atoms with Crippen LogP contribution in [0.1, 0.15) is 29.9 Å². The van der Waals surface area contributed by atoms with Crippen molar-refractivity contribution in [1.82, 2.24) is 19.6 Å². The molecule has 2 bridgehead atoms. The number of piperidine rings is 3. The monoisotopic (exact) mass is 358 g/mol. The first-order valence-electron chi connectivity index (χ1n) is 9.50. The van der Waals surface area contributed by atoms with Crippen molar-refractivity contribution in [2.45, 2.75) is 37.4 Å². The minimum Gasteiger partial charge on any atom is -0.298 e. The molecule has 0 unspecified atom stereocenters. The number of aryl methyl sites for hydroxylation is 1. The highest BCUT2D eigenvalue weighted by Gasteiger charge is 2.53. The minimum absolute atomic E-state index is 0.157. The highest BCUT2D eigenvalue weighted by atomic mass is 19.1. The number of halogens is 2. The summed E-state index contributed by atoms with van der Waals surface area (Å²) in [4.78, 5) is 5.09. The van der Waals surface area contributed by atoms with E-state index in [0.29, 0.717) is 18.0 Å². The topological polar surface area (TPSA) is 24.3 Å². The fraction of sp³-hybridized carbons (Fsp3) is 0.550. The Morgan fingerprint density at radius 1 is 1.08 bits per heavy atom. The van der Waals surface area contributed by atoms with Gasteiger partial charge in [-0.15, -0.1) is 0 Å². The van der Waals surface area contributed by atoms with Crippen molar-refractivity contribution in [1.29, 1.82) is 0 Å². The van der Waals surface area contributed by atoms with Gasteiger partial charge in [-0.25, -0.2) is 8.78 Å². The molecule has 0 spiro atoms. The van der Waals surface area contributed by atoms with Crippen LogP contribution in [0.2, 0.25) is 0 Å². The number of fused-ring (bicyclic) bond motifs is 2. The molecule has 138 valence electrons. The molecule has 1 aromatic heterocycles. The van der Waals surface area contributed by atoms with E-state index in [2.05, 4.69) is 21.1 Å². The number of benzene rings is 1. The van der Waals surface area contributed by atoms with Gasteiger partial charge in [0.1, 0.15) is 11.6 Å². The highest BCUT2D eigenvalue weighted by molar-refractivity contribution is 5.28. The molecule has 6 heteroatoms. The first-order valence-corrected chi connectivity index (χ1v) is 9.50. The van der Waals surface area contributed by atoms with Crippen LogP contribution in [0.5, 0.6) is 0 Å². The third-order valence-corrected chi connectivity index (χ3v) is 6.55. The van der Waals surface area contributed by atoms with E-state index in [1.165, 1.54) is 30.5 Å². The third kappa shape index (κ3) is 2.67. The molecule has 0 aliphatic carbocycles. The van der Waals surface area contributed by atoms with Crippen molar-refractivity contribution in [3.8, 4) is 0 Å². The molecule has 4 nitrogen and oxygen atoms in total. The zero-order chi connectivity index (χ0) is 17.8. The lowest BCUT2D eigenvalue weighted by Crippen LogP contribution is -2.59. The summed E-state index contributed by atoms with van der Waals surface area (Å²) in [6.07, 6.45) is 6.45. The molecule has 0 saturated carbocycles. The van der Waals surface area contributed by atoms with E-state index in [1.807, 2.05) is 17.9 Å². The van der Waals surface area contributed by atoms with Crippen molar-refractivity contribution >= 4 is 0 Å². The number of likely N-dealkylation sites (tertiary alicyclic amines) is 1. The van der Waals surface area contributed by atoms with E-state index in [-0.39, 0.29) is 5.92 Å². The van der Waals surface area contributed by atoms with Gasteiger partial charge < -0.3 is 0 Å². The van der Waals surface area contributed by atoms with E-state index in [0.717, 1.165) is 37.8 Å². The fourth-order valence-corrected chi connectivity index (χ4v) is 5.59. The zero-order valence-electron chi connectivity index (χ0n) is 15.0. The second-order valence-corrected chi connectivity index (χ2v) is 8.12. The van der Waals surface area contributed by atoms with Gasteiger partial charge in [-0.3, -0.25) is 14.5 Å². The van der Waals surface area contributed by atoms with Gasteiger partial charge in [-0.1, -0.05) is 0 Å². The Hall–Kier alpha value is -1.79. The van der Waals surface area contributed by atoms with Gasteiger partial charge in [0.2, 0.25) is 0 Å². The number of hydrogen-bond donors (Lipinski definition) is 0. The van der Waals surface area contributed by atoms with Gasteiger partial charge in [-0.05, 0) is 49.5 Å². The summed E-state index contributed by atoms with van der Waals surface area (Å²) in [6.45, 7) is 3.93. The highest BCUT2D eigenvalue weighted by Crippen LogP contribution is 2.47. The molecule has 4 aliphatic rings. The fourth-order valence-electron chi connectivity index (χ4n) is 5.59. The number of hydrogen-bond acceptors (Lipinski definition) is 3. The van der Waals surface area contributed by atoms with Crippen molar-refractivity contribution in [3.05, 3.63) is 53.4 Å². The van der Waals surface area contributed by atoms with Crippen molar-refractivity contribution in [3.63, 3.8) is 0 Å². The molecular formula is C20H24F2N4. The summed E-state index contributed by atoms with van der Waals surface area (Å²) in [6, 6.07) is 4.86. The summed E-state index contributed by atoms with van der Waals surface area (Å²) in [7, 11) is 1.93. The molecule has 0 radical (unpaired) electrons. The molecule has 6 rings (SSSR count). The maximum atomic E-state index is 13.9. The smallest absolute Gasteiger partial charge is 0.126 e. The lowest BCUT2D eigenvalue weighted by atomic mass is 9.75. The molecule has 3 atom stereocenters. The predicted molar refractivity (Wildman–Crippen MR) is 94.6 cm³/mol. The van der Waals surface area contributed by atoms with Crippen molar-refractivity contribution in [2.75, 3.05) is 19.6 Å². The van der Waals surface area contributed by atoms with Crippen LogP contribution in [0.25, 0.3) is 0 Å². The lowest BCUT2D eigenvalue weighted by Gasteiger charge is -2.51. The van der Waals surface area contributed by atoms with E-state index in [4.69, 9.17) is 0 Å². The first kappa shape index (κ1) is 16.4. The number of aromatic nitrogens is 2. The average molecular weight is 358 g/mol. The molecule has 1 aromatic carbocycles. The van der Waals surface area contributed by atoms with Crippen LogP contribution in [0.3, 0.4) is 0 Å². The van der Waals surface area contributed by atoms with Gasteiger partial charge in [0.05, 0.1) is 6.20 Å². The van der Waals surface area contributed by atoms with Gasteiger partial charge >= 0.3 is 0 Å². The standard InChI is InChI=1S/C20H24F2N4/c1-24-10-13(9-23-24)11-26-12-18(15-6-16(21)8-17(22)7-15)20-19(26)14-2-4-25(20)5-3-14/h6-10,14,18-20H,2-5,11-12H2,1H3/t18-,19+,20+/m1/s1. The molecule has 0 amide bonds. The molecule has 4 aliphatic heterocycles. The maximum Gasteiger partial charge on any atom is 0.126 e. The van der Waals surface area contributed by atoms with Crippen LogP contribution in [-0.4, -0.2) is 51.3 Å². The maximum absolute atomic E-state index is 13.9. The Morgan fingerprint density at radius 3 is 2.46 bits per heavy atom. The Bertz CT molecular complexity index is 792. The van der Waals surface area contributed by atoms with Crippen LogP contribution in [-0.2, 0) is 13.6 Å². The Kier molecular flexibility index (Phi) is 3.87. The third-order valence-electron chi connectivity index (χ3n) is 6.55. The largest absolute Gasteiger partial charge is 0.298 e. The predicted octanol–water partition coefficient (Wildman–Crippen LogP) is 2.76. The summed E-state index contributed by atoms with van der Waals surface area (Å²) in [5.41, 5.74) is 2.01. The molecule has 4 saturated heterocycles. The summed E-state index contributed by atoms with van der Waals surface area (Å²) in [5.74, 6) is -0.105. The summed E-state index contributed by atoms with van der Waals surface area (Å²) in [5, 5.41) is 4.29.